The van der Waals surface area contributed by atoms with Gasteiger partial charge < -0.3 is 4.90 Å². The molecule has 0 saturated heterocycles. The molecule has 1 aromatic carbocycles. The third kappa shape index (κ3) is 5.80. The summed E-state index contributed by atoms with van der Waals surface area (Å²) >= 11 is 1.59. The van der Waals surface area contributed by atoms with E-state index < -0.39 is 0 Å². The van der Waals surface area contributed by atoms with Gasteiger partial charge in [0.1, 0.15) is 0 Å². The van der Waals surface area contributed by atoms with Gasteiger partial charge in [-0.3, -0.25) is 4.79 Å². The number of hydrogen-bond donors (Lipinski definition) is 0. The minimum Gasteiger partial charge on any atom is -0.345 e. The second-order valence-corrected chi connectivity index (χ2v) is 5.46. The SMILES string of the molecule is CCCCN(C)C(=O)CSCc1cccc(C#N)c1. The molecule has 0 aliphatic carbocycles. The predicted octanol–water partition coefficient (Wildman–Crippen LogP) is 3.05. The number of benzene rings is 1. The highest BCUT2D eigenvalue weighted by molar-refractivity contribution is 7.99. The van der Waals surface area contributed by atoms with Crippen molar-refractivity contribution in [3.05, 3.63) is 35.4 Å². The summed E-state index contributed by atoms with van der Waals surface area (Å²) in [6.07, 6.45) is 2.16. The van der Waals surface area contributed by atoms with Gasteiger partial charge in [-0.2, -0.15) is 5.26 Å². The van der Waals surface area contributed by atoms with Crippen molar-refractivity contribution in [3.63, 3.8) is 0 Å². The first-order valence-corrected chi connectivity index (χ1v) is 7.63. The second-order valence-electron chi connectivity index (χ2n) is 4.47. The molecule has 0 radical (unpaired) electrons. The molecule has 4 heteroatoms. The number of thioether (sulfide) groups is 1. The van der Waals surface area contributed by atoms with Gasteiger partial charge in [0, 0.05) is 19.3 Å². The van der Waals surface area contributed by atoms with Crippen molar-refractivity contribution in [2.24, 2.45) is 0 Å². The molecule has 3 nitrogen and oxygen atoms in total. The van der Waals surface area contributed by atoms with Crippen molar-refractivity contribution in [1.29, 1.82) is 5.26 Å². The molecule has 0 aliphatic heterocycles. The van der Waals surface area contributed by atoms with Gasteiger partial charge in [0.05, 0.1) is 17.4 Å². The van der Waals surface area contributed by atoms with Crippen LogP contribution in [0.15, 0.2) is 24.3 Å². The van der Waals surface area contributed by atoms with Crippen LogP contribution in [0.3, 0.4) is 0 Å². The van der Waals surface area contributed by atoms with Crippen LogP contribution in [0.1, 0.15) is 30.9 Å². The van der Waals surface area contributed by atoms with E-state index in [-0.39, 0.29) is 5.91 Å². The minimum absolute atomic E-state index is 0.176. The molecule has 0 aliphatic rings. The number of carbonyl (C=O) groups is 1. The first-order chi connectivity index (χ1) is 9.17. The number of amides is 1. The standard InChI is InChI=1S/C15H20N2OS/c1-3-4-8-17(2)15(18)12-19-11-14-7-5-6-13(9-14)10-16/h5-7,9H,3-4,8,11-12H2,1-2H3. The summed E-state index contributed by atoms with van der Waals surface area (Å²) in [5.74, 6) is 1.44. The van der Waals surface area contributed by atoms with Crippen molar-refractivity contribution < 1.29 is 4.79 Å². The maximum Gasteiger partial charge on any atom is 0.232 e. The number of carbonyl (C=O) groups excluding carboxylic acids is 1. The van der Waals surface area contributed by atoms with Gasteiger partial charge >= 0.3 is 0 Å². The molecule has 0 N–H and O–H groups in total. The Bertz CT molecular complexity index is 454. The zero-order valence-corrected chi connectivity index (χ0v) is 12.4. The summed E-state index contributed by atoms with van der Waals surface area (Å²) in [6.45, 7) is 2.95. The molecule has 0 unspecified atom stereocenters. The van der Waals surface area contributed by atoms with Crippen molar-refractivity contribution in [3.8, 4) is 6.07 Å². The van der Waals surface area contributed by atoms with Crippen LogP contribution < -0.4 is 0 Å². The van der Waals surface area contributed by atoms with Crippen LogP contribution in [0.4, 0.5) is 0 Å². The summed E-state index contributed by atoms with van der Waals surface area (Å²) in [6, 6.07) is 9.65. The average molecular weight is 276 g/mol. The van der Waals surface area contributed by atoms with E-state index in [0.29, 0.717) is 11.3 Å². The molecule has 1 aromatic rings. The summed E-state index contributed by atoms with van der Waals surface area (Å²) < 4.78 is 0. The third-order valence-electron chi connectivity index (χ3n) is 2.82. The van der Waals surface area contributed by atoms with Crippen LogP contribution in [-0.4, -0.2) is 30.2 Å². The van der Waals surface area contributed by atoms with Gasteiger partial charge in [0.2, 0.25) is 5.91 Å². The molecular formula is C15H20N2OS. The fourth-order valence-corrected chi connectivity index (χ4v) is 2.53. The molecule has 0 bridgehead atoms. The minimum atomic E-state index is 0.176. The molecule has 0 spiro atoms. The van der Waals surface area contributed by atoms with Gasteiger partial charge in [0.15, 0.2) is 0 Å². The Morgan fingerprint density at radius 2 is 2.26 bits per heavy atom. The van der Waals surface area contributed by atoms with E-state index in [1.165, 1.54) is 0 Å². The van der Waals surface area contributed by atoms with Crippen molar-refractivity contribution in [2.45, 2.75) is 25.5 Å². The van der Waals surface area contributed by atoms with Gasteiger partial charge in [0.25, 0.3) is 0 Å². The Morgan fingerprint density at radius 3 is 2.95 bits per heavy atom. The lowest BCUT2D eigenvalue weighted by Gasteiger charge is -2.16. The van der Waals surface area contributed by atoms with Gasteiger partial charge in [-0.25, -0.2) is 0 Å². The summed E-state index contributed by atoms with van der Waals surface area (Å²) in [5, 5.41) is 8.81. The highest BCUT2D eigenvalue weighted by Gasteiger charge is 2.07. The number of rotatable bonds is 7. The predicted molar refractivity (Wildman–Crippen MR) is 79.9 cm³/mol. The topological polar surface area (TPSA) is 44.1 Å². The van der Waals surface area contributed by atoms with Gasteiger partial charge in [-0.1, -0.05) is 25.5 Å². The maximum atomic E-state index is 11.8. The third-order valence-corrected chi connectivity index (χ3v) is 3.81. The van der Waals surface area contributed by atoms with Crippen LogP contribution in [0.2, 0.25) is 0 Å². The molecule has 19 heavy (non-hydrogen) atoms. The Labute approximate surface area is 119 Å². The lowest BCUT2D eigenvalue weighted by atomic mass is 10.2. The van der Waals surface area contributed by atoms with Crippen molar-refractivity contribution in [2.75, 3.05) is 19.3 Å². The van der Waals surface area contributed by atoms with E-state index in [4.69, 9.17) is 5.26 Å². The Morgan fingerprint density at radius 1 is 1.47 bits per heavy atom. The van der Waals surface area contributed by atoms with E-state index in [0.717, 1.165) is 30.7 Å². The highest BCUT2D eigenvalue weighted by Crippen LogP contribution is 2.14. The van der Waals surface area contributed by atoms with Gasteiger partial charge in [-0.15, -0.1) is 11.8 Å². The van der Waals surface area contributed by atoms with Crippen LogP contribution in [-0.2, 0) is 10.5 Å². The first-order valence-electron chi connectivity index (χ1n) is 6.48. The van der Waals surface area contributed by atoms with Crippen LogP contribution in [0, 0.1) is 11.3 Å². The average Bonchev–Trinajstić information content (AvgIpc) is 2.44. The Kier molecular flexibility index (Phi) is 7.06. The number of nitrogens with zero attached hydrogens (tertiary/aromatic N) is 2. The van der Waals surface area contributed by atoms with E-state index in [9.17, 15) is 4.79 Å². The van der Waals surface area contributed by atoms with E-state index >= 15 is 0 Å². The molecule has 1 amide bonds. The molecular weight excluding hydrogens is 256 g/mol. The summed E-state index contributed by atoms with van der Waals surface area (Å²) in [7, 11) is 1.86. The lowest BCUT2D eigenvalue weighted by molar-refractivity contribution is -0.127. The second kappa shape index (κ2) is 8.60. The monoisotopic (exact) mass is 276 g/mol. The van der Waals surface area contributed by atoms with Crippen molar-refractivity contribution >= 4 is 17.7 Å². The first kappa shape index (κ1) is 15.6. The van der Waals surface area contributed by atoms with E-state index in [1.54, 1.807) is 22.7 Å². The number of unbranched alkanes of at least 4 members (excludes halogenated alkanes) is 1. The van der Waals surface area contributed by atoms with E-state index in [1.807, 2.05) is 25.2 Å². The molecule has 0 fully saturated rings. The number of nitriles is 1. The van der Waals surface area contributed by atoms with Crippen LogP contribution >= 0.6 is 11.8 Å². The fraction of sp³-hybridized carbons (Fsp3) is 0.467. The Hall–Kier alpha value is -1.47. The molecule has 0 heterocycles. The molecule has 0 aromatic heterocycles. The van der Waals surface area contributed by atoms with Crippen molar-refractivity contribution in [1.82, 2.24) is 4.90 Å². The molecule has 0 saturated carbocycles. The zero-order chi connectivity index (χ0) is 14.1. The maximum absolute atomic E-state index is 11.8. The van der Waals surface area contributed by atoms with Gasteiger partial charge in [-0.05, 0) is 24.1 Å². The Balaban J connectivity index is 2.33. The highest BCUT2D eigenvalue weighted by atomic mass is 32.2. The smallest absolute Gasteiger partial charge is 0.232 e. The molecule has 1 rings (SSSR count). The zero-order valence-electron chi connectivity index (χ0n) is 11.6. The summed E-state index contributed by atoms with van der Waals surface area (Å²) in [4.78, 5) is 13.6. The van der Waals surface area contributed by atoms with Crippen LogP contribution in [0.5, 0.6) is 0 Å². The quantitative estimate of drug-likeness (QED) is 0.769. The lowest BCUT2D eigenvalue weighted by Crippen LogP contribution is -2.29. The number of hydrogen-bond acceptors (Lipinski definition) is 3. The van der Waals surface area contributed by atoms with Crippen LogP contribution in [0.25, 0.3) is 0 Å². The summed E-state index contributed by atoms with van der Waals surface area (Å²) in [5.41, 5.74) is 1.76. The molecule has 102 valence electrons. The largest absolute Gasteiger partial charge is 0.345 e. The fourth-order valence-electron chi connectivity index (χ4n) is 1.62. The molecule has 0 atom stereocenters. The normalized spacial score (nSPS) is 9.95. The van der Waals surface area contributed by atoms with E-state index in [2.05, 4.69) is 13.0 Å².